The number of aliphatic hydroxyl groups is 1. The van der Waals surface area contributed by atoms with Crippen LogP contribution in [0.5, 0.6) is 0 Å². The molecule has 1 aliphatic carbocycles. The second kappa shape index (κ2) is 3.31. The summed E-state index contributed by atoms with van der Waals surface area (Å²) in [6.07, 6.45) is 0.903. The van der Waals surface area contributed by atoms with Crippen molar-refractivity contribution in [3.63, 3.8) is 0 Å². The summed E-state index contributed by atoms with van der Waals surface area (Å²) in [6.45, 7) is -0.487. The molecule has 1 unspecified atom stereocenters. The van der Waals surface area contributed by atoms with E-state index in [0.717, 1.165) is 5.56 Å². The fourth-order valence-electron chi connectivity index (χ4n) is 2.15. The fraction of sp³-hybridized carbons (Fsp3) is 0.364. The number of aryl methyl sites for hydroxylation is 1. The summed E-state index contributed by atoms with van der Waals surface area (Å²) in [5.74, 6) is -1.55. The van der Waals surface area contributed by atoms with Gasteiger partial charge in [-0.25, -0.2) is 4.39 Å². The first-order chi connectivity index (χ1) is 7.10. The number of aliphatic hydroxyl groups excluding tert-OH is 1. The van der Waals surface area contributed by atoms with Gasteiger partial charge in [0.2, 0.25) is 0 Å². The maximum absolute atomic E-state index is 13.0. The summed E-state index contributed by atoms with van der Waals surface area (Å²) < 4.78 is 13.0. The Bertz CT molecular complexity index is 416. The molecule has 0 fully saturated rings. The molecular formula is C11H11FO3. The average molecular weight is 210 g/mol. The number of rotatable bonds is 2. The van der Waals surface area contributed by atoms with Crippen LogP contribution in [0.15, 0.2) is 18.2 Å². The zero-order valence-electron chi connectivity index (χ0n) is 8.03. The van der Waals surface area contributed by atoms with Gasteiger partial charge in [-0.05, 0) is 36.1 Å². The Hall–Kier alpha value is -1.42. The molecule has 1 aromatic rings. The van der Waals surface area contributed by atoms with E-state index in [4.69, 9.17) is 5.11 Å². The van der Waals surface area contributed by atoms with Crippen LogP contribution in [0, 0.1) is 5.82 Å². The van der Waals surface area contributed by atoms with Crippen LogP contribution < -0.4 is 0 Å². The first-order valence-electron chi connectivity index (χ1n) is 4.73. The second-order valence-electron chi connectivity index (χ2n) is 3.85. The van der Waals surface area contributed by atoms with Crippen LogP contribution in [0.4, 0.5) is 4.39 Å². The van der Waals surface area contributed by atoms with Gasteiger partial charge in [0.25, 0.3) is 0 Å². The number of fused-ring (bicyclic) bond motifs is 1. The number of hydrogen-bond acceptors (Lipinski definition) is 2. The van der Waals surface area contributed by atoms with Gasteiger partial charge in [-0.2, -0.15) is 0 Å². The van der Waals surface area contributed by atoms with E-state index in [1.807, 2.05) is 0 Å². The van der Waals surface area contributed by atoms with Crippen molar-refractivity contribution in [1.29, 1.82) is 0 Å². The van der Waals surface area contributed by atoms with Crippen molar-refractivity contribution in [2.75, 3.05) is 6.61 Å². The third-order valence-corrected chi connectivity index (χ3v) is 3.09. The van der Waals surface area contributed by atoms with Gasteiger partial charge in [0.15, 0.2) is 0 Å². The molecule has 2 N–H and O–H groups in total. The van der Waals surface area contributed by atoms with Crippen molar-refractivity contribution < 1.29 is 19.4 Å². The highest BCUT2D eigenvalue weighted by molar-refractivity contribution is 5.83. The fourth-order valence-corrected chi connectivity index (χ4v) is 2.15. The van der Waals surface area contributed by atoms with Gasteiger partial charge >= 0.3 is 5.97 Å². The molecule has 0 aromatic heterocycles. The minimum Gasteiger partial charge on any atom is -0.481 e. The molecule has 0 bridgehead atoms. The van der Waals surface area contributed by atoms with Gasteiger partial charge in [0.05, 0.1) is 6.61 Å². The van der Waals surface area contributed by atoms with Crippen molar-refractivity contribution >= 4 is 5.97 Å². The lowest BCUT2D eigenvalue weighted by molar-refractivity contribution is -0.145. The number of carboxylic acids is 1. The predicted octanol–water partition coefficient (Wildman–Crippen LogP) is 1.09. The molecule has 0 radical (unpaired) electrons. The largest absolute Gasteiger partial charge is 0.481 e. The molecule has 0 heterocycles. The van der Waals surface area contributed by atoms with Gasteiger partial charge in [0, 0.05) is 0 Å². The van der Waals surface area contributed by atoms with Gasteiger partial charge in [-0.1, -0.05) is 6.07 Å². The molecule has 80 valence electrons. The van der Waals surface area contributed by atoms with E-state index in [2.05, 4.69) is 0 Å². The summed E-state index contributed by atoms with van der Waals surface area (Å²) in [5, 5.41) is 18.3. The molecule has 3 nitrogen and oxygen atoms in total. The second-order valence-corrected chi connectivity index (χ2v) is 3.85. The quantitative estimate of drug-likeness (QED) is 0.768. The topological polar surface area (TPSA) is 57.5 Å². The molecule has 1 aromatic carbocycles. The van der Waals surface area contributed by atoms with E-state index < -0.39 is 23.8 Å². The Morgan fingerprint density at radius 3 is 2.87 bits per heavy atom. The van der Waals surface area contributed by atoms with Crippen LogP contribution in [0.25, 0.3) is 0 Å². The van der Waals surface area contributed by atoms with Gasteiger partial charge in [-0.3, -0.25) is 4.79 Å². The number of benzene rings is 1. The Labute approximate surface area is 86.2 Å². The van der Waals surface area contributed by atoms with E-state index in [1.165, 1.54) is 12.1 Å². The van der Waals surface area contributed by atoms with E-state index >= 15 is 0 Å². The summed E-state index contributed by atoms with van der Waals surface area (Å²) in [7, 11) is 0. The molecule has 4 heteroatoms. The van der Waals surface area contributed by atoms with Gasteiger partial charge < -0.3 is 10.2 Å². The highest BCUT2D eigenvalue weighted by Crippen LogP contribution is 2.39. The molecule has 1 atom stereocenters. The summed E-state index contributed by atoms with van der Waals surface area (Å²) >= 11 is 0. The van der Waals surface area contributed by atoms with E-state index in [-0.39, 0.29) is 0 Å². The Morgan fingerprint density at radius 1 is 1.53 bits per heavy atom. The van der Waals surface area contributed by atoms with Crippen molar-refractivity contribution in [2.45, 2.75) is 18.3 Å². The Balaban J connectivity index is 2.59. The summed E-state index contributed by atoms with van der Waals surface area (Å²) in [5.41, 5.74) is -0.0809. The number of halogens is 1. The first-order valence-corrected chi connectivity index (χ1v) is 4.73. The predicted molar refractivity (Wildman–Crippen MR) is 51.1 cm³/mol. The average Bonchev–Trinajstić information content (AvgIpc) is 2.57. The summed E-state index contributed by atoms with van der Waals surface area (Å²) in [6, 6.07) is 4.12. The maximum Gasteiger partial charge on any atom is 0.316 e. The smallest absolute Gasteiger partial charge is 0.316 e. The highest BCUT2D eigenvalue weighted by Gasteiger charge is 2.45. The van der Waals surface area contributed by atoms with Gasteiger partial charge in [0.1, 0.15) is 11.2 Å². The van der Waals surface area contributed by atoms with E-state index in [9.17, 15) is 14.3 Å². The van der Waals surface area contributed by atoms with Crippen LogP contribution >= 0.6 is 0 Å². The third kappa shape index (κ3) is 1.33. The van der Waals surface area contributed by atoms with Crippen molar-refractivity contribution in [1.82, 2.24) is 0 Å². The van der Waals surface area contributed by atoms with Crippen molar-refractivity contribution in [3.8, 4) is 0 Å². The molecule has 0 spiro atoms. The number of carboxylic acid groups (broad SMARTS) is 1. The van der Waals surface area contributed by atoms with E-state index in [1.54, 1.807) is 6.07 Å². The minimum atomic E-state index is -1.31. The maximum atomic E-state index is 13.0. The molecule has 2 rings (SSSR count). The highest BCUT2D eigenvalue weighted by atomic mass is 19.1. The standard InChI is InChI=1S/C11H11FO3/c12-8-2-1-7-3-4-11(6-13,10(14)15)9(7)5-8/h1-2,5,13H,3-4,6H2,(H,14,15). The SMILES string of the molecule is O=C(O)C1(CO)CCc2ccc(F)cc21. The van der Waals surface area contributed by atoms with Crippen LogP contribution in [0.2, 0.25) is 0 Å². The minimum absolute atomic E-state index is 0.331. The third-order valence-electron chi connectivity index (χ3n) is 3.09. The van der Waals surface area contributed by atoms with Crippen molar-refractivity contribution in [3.05, 3.63) is 35.1 Å². The van der Waals surface area contributed by atoms with E-state index in [0.29, 0.717) is 18.4 Å². The Kier molecular flexibility index (Phi) is 2.23. The van der Waals surface area contributed by atoms with Crippen LogP contribution in [-0.4, -0.2) is 22.8 Å². The Morgan fingerprint density at radius 2 is 2.27 bits per heavy atom. The number of carbonyl (C=O) groups is 1. The zero-order chi connectivity index (χ0) is 11.1. The molecular weight excluding hydrogens is 199 g/mol. The van der Waals surface area contributed by atoms with Crippen molar-refractivity contribution in [2.24, 2.45) is 0 Å². The lowest BCUT2D eigenvalue weighted by atomic mass is 9.83. The van der Waals surface area contributed by atoms with Crippen LogP contribution in [-0.2, 0) is 16.6 Å². The lowest BCUT2D eigenvalue weighted by Gasteiger charge is -2.22. The monoisotopic (exact) mass is 210 g/mol. The number of hydrogen-bond donors (Lipinski definition) is 2. The summed E-state index contributed by atoms with van der Waals surface area (Å²) in [4.78, 5) is 11.1. The molecule has 0 saturated carbocycles. The zero-order valence-corrected chi connectivity index (χ0v) is 8.03. The van der Waals surface area contributed by atoms with Crippen LogP contribution in [0.1, 0.15) is 17.5 Å². The molecule has 0 aliphatic heterocycles. The lowest BCUT2D eigenvalue weighted by Crippen LogP contribution is -2.37. The number of aliphatic carboxylic acids is 1. The van der Waals surface area contributed by atoms with Gasteiger partial charge in [-0.15, -0.1) is 0 Å². The molecule has 0 saturated heterocycles. The first kappa shape index (κ1) is 10.1. The normalized spacial score (nSPS) is 23.9. The molecule has 0 amide bonds. The molecule has 15 heavy (non-hydrogen) atoms. The molecule has 1 aliphatic rings. The van der Waals surface area contributed by atoms with Crippen LogP contribution in [0.3, 0.4) is 0 Å².